The summed E-state index contributed by atoms with van der Waals surface area (Å²) < 4.78 is 83.5. The lowest BCUT2D eigenvalue weighted by molar-refractivity contribution is 0.0285. The number of benzene rings is 2. The number of nitrogens with one attached hydrogen (secondary N) is 1. The quantitative estimate of drug-likeness (QED) is 0.411. The Bertz CT molecular complexity index is 1630. The molecule has 4 rings (SSSR count). The van der Waals surface area contributed by atoms with E-state index in [2.05, 4.69) is 4.72 Å². The molecule has 1 N–H and O–H groups in total. The molecule has 1 amide bonds. The Kier molecular flexibility index (Phi) is 8.78. The number of hydrogen-bond donors (Lipinski definition) is 1. The van der Waals surface area contributed by atoms with Crippen molar-refractivity contribution in [3.63, 3.8) is 0 Å². The minimum atomic E-state index is -4.35. The van der Waals surface area contributed by atoms with Crippen molar-refractivity contribution in [2.45, 2.75) is 37.8 Å². The van der Waals surface area contributed by atoms with Crippen molar-refractivity contribution in [2.75, 3.05) is 38.1 Å². The molecule has 0 radical (unpaired) electrons. The van der Waals surface area contributed by atoms with Crippen molar-refractivity contribution in [3.8, 4) is 11.3 Å². The summed E-state index contributed by atoms with van der Waals surface area (Å²) >= 11 is 0. The van der Waals surface area contributed by atoms with Crippen molar-refractivity contribution < 1.29 is 35.5 Å². The van der Waals surface area contributed by atoms with E-state index in [0.29, 0.717) is 5.56 Å². The molecule has 1 aliphatic heterocycles. The van der Waals surface area contributed by atoms with Crippen LogP contribution in [-0.4, -0.2) is 75.1 Å². The maximum Gasteiger partial charge on any atom is 0.410 e. The largest absolute Gasteiger partial charge is 0.444 e. The highest BCUT2D eigenvalue weighted by atomic mass is 32.2. The van der Waals surface area contributed by atoms with Gasteiger partial charge in [0.15, 0.2) is 0 Å². The first-order valence-electron chi connectivity index (χ1n) is 12.8. The van der Waals surface area contributed by atoms with E-state index in [4.69, 9.17) is 9.47 Å². The monoisotopic (exact) mass is 608 g/mol. The molecule has 1 aliphatic rings. The zero-order chi connectivity index (χ0) is 30.0. The molecule has 3 aromatic rings. The van der Waals surface area contributed by atoms with Gasteiger partial charge in [-0.1, -0.05) is 18.2 Å². The predicted molar refractivity (Wildman–Crippen MR) is 151 cm³/mol. The summed E-state index contributed by atoms with van der Waals surface area (Å²) in [5, 5.41) is 0. The molecule has 0 unspecified atom stereocenters. The van der Waals surface area contributed by atoms with Gasteiger partial charge in [0.25, 0.3) is 10.0 Å². The van der Waals surface area contributed by atoms with Gasteiger partial charge in [0.05, 0.1) is 36.0 Å². The number of aromatic nitrogens is 1. The van der Waals surface area contributed by atoms with Crippen molar-refractivity contribution in [2.24, 2.45) is 0 Å². The number of hydrogen-bond acceptors (Lipinski definition) is 7. The highest BCUT2D eigenvalue weighted by Crippen LogP contribution is 2.30. The smallest absolute Gasteiger partial charge is 0.410 e. The number of morpholine rings is 1. The topological polar surface area (TPSA) is 127 Å². The molecule has 0 saturated carbocycles. The SMILES string of the molecule is CN(Cc1cc(-c2ccccc2F)n(S(=O)(=O)c2cccc(NS(=O)(=O)N3CCOCC3)c2)c1)C(=O)OC(C)(C)C. The normalized spacial score (nSPS) is 15.0. The average Bonchev–Trinajstić information content (AvgIpc) is 3.32. The minimum absolute atomic E-state index is 0.0156. The van der Waals surface area contributed by atoms with E-state index in [1.54, 1.807) is 26.8 Å². The van der Waals surface area contributed by atoms with Gasteiger partial charge in [-0.25, -0.2) is 21.6 Å². The molecule has 0 atom stereocenters. The van der Waals surface area contributed by atoms with E-state index in [-0.39, 0.29) is 54.7 Å². The van der Waals surface area contributed by atoms with E-state index >= 15 is 0 Å². The number of halogens is 1. The van der Waals surface area contributed by atoms with Crippen LogP contribution in [0.15, 0.2) is 65.7 Å². The van der Waals surface area contributed by atoms with E-state index < -0.39 is 37.7 Å². The fourth-order valence-corrected chi connectivity index (χ4v) is 6.78. The van der Waals surface area contributed by atoms with Crippen LogP contribution in [0, 0.1) is 5.82 Å². The second-order valence-electron chi connectivity index (χ2n) is 10.5. The van der Waals surface area contributed by atoms with Crippen molar-refractivity contribution in [3.05, 3.63) is 72.2 Å². The number of carbonyl (C=O) groups excluding carboxylic acids is 1. The van der Waals surface area contributed by atoms with Crippen molar-refractivity contribution in [1.29, 1.82) is 0 Å². The standard InChI is InChI=1S/C27H33FN4O7S2/c1-27(2,3)39-26(33)30(4)18-20-16-25(23-10-5-6-11-24(23)28)32(19-20)40(34,35)22-9-7-8-21(17-22)29-41(36,37)31-12-14-38-15-13-31/h5-11,16-17,19,29H,12-15,18H2,1-4H3. The Labute approximate surface area is 239 Å². The second-order valence-corrected chi connectivity index (χ2v) is 14.0. The average molecular weight is 609 g/mol. The first-order valence-corrected chi connectivity index (χ1v) is 15.7. The second kappa shape index (κ2) is 11.8. The van der Waals surface area contributed by atoms with Crippen LogP contribution in [0.1, 0.15) is 26.3 Å². The zero-order valence-corrected chi connectivity index (χ0v) is 24.8. The number of nitrogens with zero attached hydrogens (tertiary/aromatic N) is 3. The molecule has 2 aromatic carbocycles. The summed E-state index contributed by atoms with van der Waals surface area (Å²) in [5.41, 5.74) is -0.208. The van der Waals surface area contributed by atoms with Crippen LogP contribution in [0.25, 0.3) is 11.3 Å². The lowest BCUT2D eigenvalue weighted by Crippen LogP contribution is -2.43. The molecule has 2 heterocycles. The number of amides is 1. The third kappa shape index (κ3) is 7.25. The van der Waals surface area contributed by atoms with Gasteiger partial charge < -0.3 is 14.4 Å². The van der Waals surface area contributed by atoms with E-state index in [1.165, 1.54) is 71.0 Å². The molecule has 0 aliphatic carbocycles. The summed E-state index contributed by atoms with van der Waals surface area (Å²) in [6.45, 7) is 6.03. The number of ether oxygens (including phenoxy) is 2. The van der Waals surface area contributed by atoms with E-state index in [1.807, 2.05) is 0 Å². The van der Waals surface area contributed by atoms with Gasteiger partial charge in [0, 0.05) is 31.9 Å². The molecule has 0 bridgehead atoms. The summed E-state index contributed by atoms with van der Waals surface area (Å²) in [6.07, 6.45) is 0.698. The molecular formula is C27H33FN4O7S2. The summed E-state index contributed by atoms with van der Waals surface area (Å²) in [5.74, 6) is -0.638. The first-order chi connectivity index (χ1) is 19.2. The van der Waals surface area contributed by atoms with Gasteiger partial charge in [-0.2, -0.15) is 12.7 Å². The molecule has 1 saturated heterocycles. The fourth-order valence-electron chi connectivity index (χ4n) is 4.16. The molecular weight excluding hydrogens is 575 g/mol. The molecule has 41 heavy (non-hydrogen) atoms. The van der Waals surface area contributed by atoms with Crippen molar-refractivity contribution >= 4 is 32.0 Å². The predicted octanol–water partition coefficient (Wildman–Crippen LogP) is 3.89. The van der Waals surface area contributed by atoms with E-state index in [9.17, 15) is 26.0 Å². The lowest BCUT2D eigenvalue weighted by Gasteiger charge is -2.26. The van der Waals surface area contributed by atoms with Gasteiger partial charge in [-0.3, -0.25) is 4.72 Å². The first kappa shape index (κ1) is 30.5. The summed E-state index contributed by atoms with van der Waals surface area (Å²) in [7, 11) is -6.80. The van der Waals surface area contributed by atoms with E-state index in [0.717, 1.165) is 3.97 Å². The summed E-state index contributed by atoms with van der Waals surface area (Å²) in [6, 6.07) is 12.6. The van der Waals surface area contributed by atoms with Crippen LogP contribution in [0.3, 0.4) is 0 Å². The van der Waals surface area contributed by atoms with Gasteiger partial charge in [0.2, 0.25) is 0 Å². The lowest BCUT2D eigenvalue weighted by atomic mass is 10.1. The third-order valence-corrected chi connectivity index (χ3v) is 9.27. The Morgan fingerprint density at radius 2 is 1.73 bits per heavy atom. The maximum atomic E-state index is 14.9. The van der Waals surface area contributed by atoms with Crippen LogP contribution in [0.2, 0.25) is 0 Å². The molecule has 1 aromatic heterocycles. The van der Waals surface area contributed by atoms with Crippen LogP contribution in [-0.2, 0) is 36.3 Å². The van der Waals surface area contributed by atoms with Gasteiger partial charge in [-0.15, -0.1) is 0 Å². The molecule has 14 heteroatoms. The highest BCUT2D eigenvalue weighted by molar-refractivity contribution is 7.90. The van der Waals surface area contributed by atoms with Gasteiger partial charge in [0.1, 0.15) is 11.4 Å². The zero-order valence-electron chi connectivity index (χ0n) is 23.2. The van der Waals surface area contributed by atoms with Gasteiger partial charge in [-0.05, 0) is 62.7 Å². The number of anilines is 1. The van der Waals surface area contributed by atoms with Crippen molar-refractivity contribution in [1.82, 2.24) is 13.2 Å². The number of carbonyl (C=O) groups is 1. The fraction of sp³-hybridized carbons (Fsp3) is 0.370. The van der Waals surface area contributed by atoms with Crippen LogP contribution >= 0.6 is 0 Å². The Hall–Kier alpha value is -3.46. The summed E-state index contributed by atoms with van der Waals surface area (Å²) in [4.78, 5) is 13.6. The van der Waals surface area contributed by atoms with Gasteiger partial charge >= 0.3 is 16.3 Å². The molecule has 1 fully saturated rings. The maximum absolute atomic E-state index is 14.9. The van der Waals surface area contributed by atoms with Crippen LogP contribution < -0.4 is 4.72 Å². The molecule has 11 nitrogen and oxygen atoms in total. The Morgan fingerprint density at radius 1 is 1.05 bits per heavy atom. The minimum Gasteiger partial charge on any atom is -0.444 e. The van der Waals surface area contributed by atoms with Crippen LogP contribution in [0.5, 0.6) is 0 Å². The molecule has 0 spiro atoms. The number of rotatable bonds is 8. The third-order valence-electron chi connectivity index (χ3n) is 6.06. The highest BCUT2D eigenvalue weighted by Gasteiger charge is 2.27. The van der Waals surface area contributed by atoms with Crippen LogP contribution in [0.4, 0.5) is 14.9 Å². The Morgan fingerprint density at radius 3 is 2.39 bits per heavy atom. The molecule has 222 valence electrons. The Balaban J connectivity index is 1.70.